The number of likely N-dealkylation sites (tertiary alicyclic amines) is 1. The first-order valence-corrected chi connectivity index (χ1v) is 9.20. The van der Waals surface area contributed by atoms with E-state index in [4.69, 9.17) is 4.74 Å². The van der Waals surface area contributed by atoms with Gasteiger partial charge in [0, 0.05) is 43.0 Å². The lowest BCUT2D eigenvalue weighted by Gasteiger charge is -2.33. The number of halogens is 1. The molecule has 3 rings (SSSR count). The highest BCUT2D eigenvalue weighted by Crippen LogP contribution is 2.29. The van der Waals surface area contributed by atoms with Crippen molar-refractivity contribution in [2.45, 2.75) is 45.8 Å². The van der Waals surface area contributed by atoms with E-state index in [0.717, 1.165) is 31.0 Å². The predicted molar refractivity (Wildman–Crippen MR) is 99.8 cm³/mol. The number of rotatable bonds is 3. The smallest absolute Gasteiger partial charge is 0.410 e. The van der Waals surface area contributed by atoms with Gasteiger partial charge < -0.3 is 14.7 Å². The van der Waals surface area contributed by atoms with Crippen molar-refractivity contribution in [3.63, 3.8) is 0 Å². The molecule has 0 bridgehead atoms. The van der Waals surface area contributed by atoms with Gasteiger partial charge in [0.15, 0.2) is 0 Å². The SMILES string of the molecule is CC(C)(C)OC(=O)N1CCC(Cn2cc(-c3ccc(F)cc3O)cn2)CC1. The molecular formula is C20H26FN3O3. The number of nitrogens with zero attached hydrogens (tertiary/aromatic N) is 3. The second kappa shape index (κ2) is 7.58. The van der Waals surface area contributed by atoms with Crippen molar-refractivity contribution in [3.05, 3.63) is 36.4 Å². The van der Waals surface area contributed by atoms with Gasteiger partial charge in [-0.1, -0.05) is 0 Å². The first-order chi connectivity index (χ1) is 12.7. The molecule has 27 heavy (non-hydrogen) atoms. The molecule has 1 aromatic heterocycles. The van der Waals surface area contributed by atoms with Crippen molar-refractivity contribution in [2.75, 3.05) is 13.1 Å². The van der Waals surface area contributed by atoms with Crippen LogP contribution in [0.4, 0.5) is 9.18 Å². The summed E-state index contributed by atoms with van der Waals surface area (Å²) in [6, 6.07) is 3.96. The number of aromatic nitrogens is 2. The van der Waals surface area contributed by atoms with Gasteiger partial charge in [0.2, 0.25) is 0 Å². The molecule has 146 valence electrons. The van der Waals surface area contributed by atoms with E-state index in [9.17, 15) is 14.3 Å². The van der Waals surface area contributed by atoms with Crippen molar-refractivity contribution in [3.8, 4) is 16.9 Å². The third kappa shape index (κ3) is 4.99. The van der Waals surface area contributed by atoms with Crippen LogP contribution in [0.5, 0.6) is 5.75 Å². The normalized spacial score (nSPS) is 15.8. The van der Waals surface area contributed by atoms with E-state index in [2.05, 4.69) is 5.10 Å². The van der Waals surface area contributed by atoms with Crippen molar-refractivity contribution in [2.24, 2.45) is 5.92 Å². The summed E-state index contributed by atoms with van der Waals surface area (Å²) in [5, 5.41) is 14.3. The molecule has 0 unspecified atom stereocenters. The topological polar surface area (TPSA) is 67.6 Å². The lowest BCUT2D eigenvalue weighted by molar-refractivity contribution is 0.0177. The summed E-state index contributed by atoms with van der Waals surface area (Å²) in [5.74, 6) is -0.154. The summed E-state index contributed by atoms with van der Waals surface area (Å²) in [7, 11) is 0. The summed E-state index contributed by atoms with van der Waals surface area (Å²) in [6.45, 7) is 7.69. The number of carbonyl (C=O) groups is 1. The quantitative estimate of drug-likeness (QED) is 0.879. The minimum absolute atomic E-state index is 0.0970. The van der Waals surface area contributed by atoms with Gasteiger partial charge in [0.05, 0.1) is 6.20 Å². The second-order valence-corrected chi connectivity index (χ2v) is 8.02. The van der Waals surface area contributed by atoms with Gasteiger partial charge in [0.1, 0.15) is 17.2 Å². The van der Waals surface area contributed by atoms with E-state index in [1.165, 1.54) is 6.07 Å². The van der Waals surface area contributed by atoms with Gasteiger partial charge in [-0.3, -0.25) is 4.68 Å². The fourth-order valence-corrected chi connectivity index (χ4v) is 3.24. The van der Waals surface area contributed by atoms with Gasteiger partial charge in [-0.2, -0.15) is 5.10 Å². The summed E-state index contributed by atoms with van der Waals surface area (Å²) < 4.78 is 20.4. The van der Waals surface area contributed by atoms with Gasteiger partial charge in [-0.15, -0.1) is 0 Å². The molecule has 1 aliphatic heterocycles. The molecule has 0 aliphatic carbocycles. The zero-order valence-corrected chi connectivity index (χ0v) is 16.0. The molecule has 0 saturated carbocycles. The van der Waals surface area contributed by atoms with E-state index in [1.54, 1.807) is 17.2 Å². The van der Waals surface area contributed by atoms with Gasteiger partial charge >= 0.3 is 6.09 Å². The summed E-state index contributed by atoms with van der Waals surface area (Å²) in [5.41, 5.74) is 0.826. The molecule has 1 N–H and O–H groups in total. The average molecular weight is 375 g/mol. The fraction of sp³-hybridized carbons (Fsp3) is 0.500. The molecule has 0 radical (unpaired) electrons. The van der Waals surface area contributed by atoms with Crippen LogP contribution in [-0.2, 0) is 11.3 Å². The number of hydrogen-bond acceptors (Lipinski definition) is 4. The molecule has 2 heterocycles. The Kier molecular flexibility index (Phi) is 5.39. The molecule has 1 saturated heterocycles. The highest BCUT2D eigenvalue weighted by molar-refractivity contribution is 5.69. The van der Waals surface area contributed by atoms with E-state index in [1.807, 2.05) is 31.6 Å². The predicted octanol–water partition coefficient (Wildman–Crippen LogP) is 4.04. The molecule has 0 atom stereocenters. The van der Waals surface area contributed by atoms with Gasteiger partial charge in [-0.05, 0) is 51.7 Å². The molecule has 6 nitrogen and oxygen atoms in total. The van der Waals surface area contributed by atoms with Crippen LogP contribution in [0, 0.1) is 11.7 Å². The molecule has 2 aromatic rings. The average Bonchev–Trinajstić information content (AvgIpc) is 3.02. The number of ether oxygens (including phenoxy) is 1. The number of phenols is 1. The van der Waals surface area contributed by atoms with Crippen molar-refractivity contribution >= 4 is 6.09 Å². The Labute approximate surface area is 158 Å². The Morgan fingerprint density at radius 2 is 2.04 bits per heavy atom. The number of aromatic hydroxyl groups is 1. The third-order valence-corrected chi connectivity index (χ3v) is 4.62. The molecule has 0 spiro atoms. The maximum atomic E-state index is 13.1. The lowest BCUT2D eigenvalue weighted by atomic mass is 9.97. The van der Waals surface area contributed by atoms with E-state index in [0.29, 0.717) is 24.6 Å². The van der Waals surface area contributed by atoms with Crippen molar-refractivity contribution < 1.29 is 19.0 Å². The Morgan fingerprint density at radius 1 is 1.33 bits per heavy atom. The highest BCUT2D eigenvalue weighted by Gasteiger charge is 2.27. The van der Waals surface area contributed by atoms with Crippen LogP contribution in [0.1, 0.15) is 33.6 Å². The van der Waals surface area contributed by atoms with Gasteiger partial charge in [0.25, 0.3) is 0 Å². The Hall–Kier alpha value is -2.57. The summed E-state index contributed by atoms with van der Waals surface area (Å²) in [6.07, 6.45) is 5.04. The Bertz CT molecular complexity index is 805. The zero-order valence-electron chi connectivity index (χ0n) is 16.0. The van der Waals surface area contributed by atoms with E-state index >= 15 is 0 Å². The van der Waals surface area contributed by atoms with Crippen molar-refractivity contribution in [1.29, 1.82) is 0 Å². The summed E-state index contributed by atoms with van der Waals surface area (Å²) in [4.78, 5) is 13.9. The van der Waals surface area contributed by atoms with Crippen LogP contribution < -0.4 is 0 Å². The number of piperidine rings is 1. The Balaban J connectivity index is 1.56. The van der Waals surface area contributed by atoms with Gasteiger partial charge in [-0.25, -0.2) is 9.18 Å². The largest absolute Gasteiger partial charge is 0.507 e. The second-order valence-electron chi connectivity index (χ2n) is 8.02. The minimum Gasteiger partial charge on any atom is -0.507 e. The number of phenolic OH excluding ortho intramolecular Hbond substituents is 1. The maximum absolute atomic E-state index is 13.1. The molecule has 7 heteroatoms. The first kappa shape index (κ1) is 19.2. The van der Waals surface area contributed by atoms with Crippen LogP contribution in [0.25, 0.3) is 11.1 Å². The molecule has 1 aliphatic rings. The molecule has 1 aromatic carbocycles. The number of hydrogen-bond donors (Lipinski definition) is 1. The highest BCUT2D eigenvalue weighted by atomic mass is 19.1. The molecule has 1 fully saturated rings. The fourth-order valence-electron chi connectivity index (χ4n) is 3.24. The first-order valence-electron chi connectivity index (χ1n) is 9.20. The number of carbonyl (C=O) groups excluding carboxylic acids is 1. The number of benzene rings is 1. The van der Waals surface area contributed by atoms with Crippen LogP contribution in [-0.4, -0.2) is 44.6 Å². The monoisotopic (exact) mass is 375 g/mol. The van der Waals surface area contributed by atoms with Crippen LogP contribution in [0.15, 0.2) is 30.6 Å². The maximum Gasteiger partial charge on any atom is 0.410 e. The van der Waals surface area contributed by atoms with Crippen LogP contribution in [0.2, 0.25) is 0 Å². The van der Waals surface area contributed by atoms with E-state index in [-0.39, 0.29) is 11.8 Å². The van der Waals surface area contributed by atoms with E-state index < -0.39 is 11.4 Å². The molecule has 1 amide bonds. The third-order valence-electron chi connectivity index (χ3n) is 4.62. The minimum atomic E-state index is -0.481. The zero-order chi connectivity index (χ0) is 19.6. The summed E-state index contributed by atoms with van der Waals surface area (Å²) >= 11 is 0. The standard InChI is InChI=1S/C20H26FN3O3/c1-20(2,3)27-19(26)23-8-6-14(7-9-23)12-24-13-15(11-22-24)17-5-4-16(21)10-18(17)25/h4-5,10-11,13-14,25H,6-9,12H2,1-3H3. The van der Waals surface area contributed by atoms with Crippen molar-refractivity contribution in [1.82, 2.24) is 14.7 Å². The molecular weight excluding hydrogens is 349 g/mol. The Morgan fingerprint density at radius 3 is 2.67 bits per heavy atom. The lowest BCUT2D eigenvalue weighted by Crippen LogP contribution is -2.42. The number of amides is 1. The van der Waals surface area contributed by atoms with Crippen LogP contribution >= 0.6 is 0 Å². The van der Waals surface area contributed by atoms with Crippen LogP contribution in [0.3, 0.4) is 0 Å².